The molecule has 0 aliphatic carbocycles. The van der Waals surface area contributed by atoms with Crippen LogP contribution in [-0.4, -0.2) is 38.1 Å². The first kappa shape index (κ1) is 14.0. The summed E-state index contributed by atoms with van der Waals surface area (Å²) >= 11 is 0. The average Bonchev–Trinajstić information content (AvgIpc) is 2.97. The summed E-state index contributed by atoms with van der Waals surface area (Å²) in [4.78, 5) is 8.14. The molecule has 0 atom stereocenters. The Balaban J connectivity index is 1.82. The van der Waals surface area contributed by atoms with Crippen LogP contribution in [0.5, 0.6) is 5.88 Å². The third-order valence-electron chi connectivity index (χ3n) is 2.62. The zero-order chi connectivity index (χ0) is 14.2. The minimum atomic E-state index is 0.431. The molecule has 8 heteroatoms. The van der Waals surface area contributed by atoms with E-state index in [1.54, 1.807) is 10.9 Å². The van der Waals surface area contributed by atoms with E-state index >= 15 is 0 Å². The molecule has 2 rings (SSSR count). The molecule has 0 unspecified atom stereocenters. The number of ether oxygens (including phenoxy) is 1. The lowest BCUT2D eigenvalue weighted by atomic mass is 10.4. The molecule has 0 spiro atoms. The molecule has 3 N–H and O–H groups in total. The quantitative estimate of drug-likeness (QED) is 0.692. The number of hydrogen-bond donors (Lipinski definition) is 2. The maximum Gasteiger partial charge on any atom is 0.242 e. The Kier molecular flexibility index (Phi) is 5.10. The van der Waals surface area contributed by atoms with Crippen molar-refractivity contribution in [1.29, 1.82) is 0 Å². The molecule has 0 aromatic carbocycles. The second-order valence-corrected chi connectivity index (χ2v) is 4.24. The van der Waals surface area contributed by atoms with Crippen LogP contribution < -0.4 is 15.8 Å². The SMILES string of the molecule is CCCOc1ncnc(NCCCn2ccnn2)c1N. The van der Waals surface area contributed by atoms with Gasteiger partial charge in [0, 0.05) is 19.3 Å². The van der Waals surface area contributed by atoms with Crippen LogP contribution in [0, 0.1) is 0 Å². The van der Waals surface area contributed by atoms with Crippen LogP contribution in [-0.2, 0) is 6.54 Å². The van der Waals surface area contributed by atoms with Gasteiger partial charge in [-0.3, -0.25) is 4.68 Å². The molecule has 0 saturated carbocycles. The highest BCUT2D eigenvalue weighted by atomic mass is 16.5. The minimum absolute atomic E-state index is 0.431. The van der Waals surface area contributed by atoms with Gasteiger partial charge in [-0.1, -0.05) is 12.1 Å². The van der Waals surface area contributed by atoms with E-state index in [9.17, 15) is 0 Å². The van der Waals surface area contributed by atoms with Gasteiger partial charge in [0.1, 0.15) is 12.0 Å². The molecule has 0 aliphatic rings. The molecule has 0 fully saturated rings. The third-order valence-corrected chi connectivity index (χ3v) is 2.62. The number of aromatic nitrogens is 5. The van der Waals surface area contributed by atoms with E-state index in [0.717, 1.165) is 25.9 Å². The maximum atomic E-state index is 5.96. The monoisotopic (exact) mass is 277 g/mol. The van der Waals surface area contributed by atoms with Crippen LogP contribution in [0.3, 0.4) is 0 Å². The zero-order valence-corrected chi connectivity index (χ0v) is 11.5. The lowest BCUT2D eigenvalue weighted by Crippen LogP contribution is -2.11. The van der Waals surface area contributed by atoms with Gasteiger partial charge in [-0.2, -0.15) is 4.98 Å². The summed E-state index contributed by atoms with van der Waals surface area (Å²) in [5.41, 5.74) is 6.41. The van der Waals surface area contributed by atoms with E-state index in [4.69, 9.17) is 10.5 Å². The largest absolute Gasteiger partial charge is 0.476 e. The molecule has 108 valence electrons. The van der Waals surface area contributed by atoms with Crippen molar-refractivity contribution in [2.45, 2.75) is 26.3 Å². The molecule has 20 heavy (non-hydrogen) atoms. The fraction of sp³-hybridized carbons (Fsp3) is 0.500. The standard InChI is InChI=1S/C12H19N7O/c1-2-8-20-12-10(13)11(15-9-16-12)14-4-3-6-19-7-5-17-18-19/h5,7,9H,2-4,6,8,13H2,1H3,(H,14,15,16). The first-order chi connectivity index (χ1) is 9.81. The number of aryl methyl sites for hydroxylation is 1. The molecule has 2 heterocycles. The van der Waals surface area contributed by atoms with Crippen molar-refractivity contribution in [3.63, 3.8) is 0 Å². The highest BCUT2D eigenvalue weighted by Gasteiger charge is 2.08. The fourth-order valence-corrected chi connectivity index (χ4v) is 1.63. The summed E-state index contributed by atoms with van der Waals surface area (Å²) < 4.78 is 7.23. The van der Waals surface area contributed by atoms with Gasteiger partial charge < -0.3 is 15.8 Å². The van der Waals surface area contributed by atoms with Gasteiger partial charge >= 0.3 is 0 Å². The normalized spacial score (nSPS) is 10.4. The van der Waals surface area contributed by atoms with Gasteiger partial charge in [-0.15, -0.1) is 5.10 Å². The van der Waals surface area contributed by atoms with E-state index in [1.807, 2.05) is 13.1 Å². The Morgan fingerprint density at radius 1 is 1.40 bits per heavy atom. The molecule has 0 saturated heterocycles. The first-order valence-electron chi connectivity index (χ1n) is 6.62. The van der Waals surface area contributed by atoms with Gasteiger partial charge in [0.15, 0.2) is 5.82 Å². The fourth-order valence-electron chi connectivity index (χ4n) is 1.63. The van der Waals surface area contributed by atoms with E-state index in [-0.39, 0.29) is 0 Å². The second-order valence-electron chi connectivity index (χ2n) is 4.24. The summed E-state index contributed by atoms with van der Waals surface area (Å²) in [7, 11) is 0. The van der Waals surface area contributed by atoms with Crippen molar-refractivity contribution in [3.8, 4) is 5.88 Å². The van der Waals surface area contributed by atoms with Gasteiger partial charge in [0.25, 0.3) is 0 Å². The smallest absolute Gasteiger partial charge is 0.242 e. The Hall–Kier alpha value is -2.38. The molecule has 0 aliphatic heterocycles. The maximum absolute atomic E-state index is 5.96. The minimum Gasteiger partial charge on any atom is -0.476 e. The molecule has 0 bridgehead atoms. The van der Waals surface area contributed by atoms with Crippen molar-refractivity contribution in [1.82, 2.24) is 25.0 Å². The van der Waals surface area contributed by atoms with Crippen molar-refractivity contribution < 1.29 is 4.74 Å². The van der Waals surface area contributed by atoms with Crippen molar-refractivity contribution in [3.05, 3.63) is 18.7 Å². The van der Waals surface area contributed by atoms with Gasteiger partial charge in [-0.05, 0) is 12.8 Å². The molecular formula is C12H19N7O. The predicted molar refractivity (Wildman–Crippen MR) is 75.4 cm³/mol. The first-order valence-corrected chi connectivity index (χ1v) is 6.62. The van der Waals surface area contributed by atoms with Crippen molar-refractivity contribution in [2.24, 2.45) is 0 Å². The second kappa shape index (κ2) is 7.27. The highest BCUT2D eigenvalue weighted by Crippen LogP contribution is 2.24. The lowest BCUT2D eigenvalue weighted by molar-refractivity contribution is 0.306. The summed E-state index contributed by atoms with van der Waals surface area (Å²) in [5, 5.41) is 10.8. The van der Waals surface area contributed by atoms with Crippen LogP contribution in [0.4, 0.5) is 11.5 Å². The van der Waals surface area contributed by atoms with E-state index in [2.05, 4.69) is 25.6 Å². The molecule has 0 radical (unpaired) electrons. The summed E-state index contributed by atoms with van der Waals surface area (Å²) in [5.74, 6) is 1.03. The topological polar surface area (TPSA) is 104 Å². The van der Waals surface area contributed by atoms with E-state index in [0.29, 0.717) is 24.0 Å². The van der Waals surface area contributed by atoms with Gasteiger partial charge in [0.05, 0.1) is 12.8 Å². The summed E-state index contributed by atoms with van der Waals surface area (Å²) in [6.45, 7) is 4.14. The Morgan fingerprint density at radius 3 is 3.05 bits per heavy atom. The van der Waals surface area contributed by atoms with Crippen LogP contribution in [0.15, 0.2) is 18.7 Å². The molecule has 2 aromatic heterocycles. The molecular weight excluding hydrogens is 258 g/mol. The average molecular weight is 277 g/mol. The van der Waals surface area contributed by atoms with Crippen LogP contribution in [0.25, 0.3) is 0 Å². The number of nitrogens with one attached hydrogen (secondary N) is 1. The summed E-state index contributed by atoms with van der Waals surface area (Å²) in [6.07, 6.45) is 6.73. The molecule has 8 nitrogen and oxygen atoms in total. The summed E-state index contributed by atoms with van der Waals surface area (Å²) in [6, 6.07) is 0. The Bertz CT molecular complexity index is 515. The number of rotatable bonds is 8. The number of nitrogens with zero attached hydrogens (tertiary/aromatic N) is 5. The van der Waals surface area contributed by atoms with E-state index in [1.165, 1.54) is 6.33 Å². The highest BCUT2D eigenvalue weighted by molar-refractivity contribution is 5.66. The third kappa shape index (κ3) is 3.81. The van der Waals surface area contributed by atoms with E-state index < -0.39 is 0 Å². The predicted octanol–water partition coefficient (Wildman–Crippen LogP) is 0.941. The van der Waals surface area contributed by atoms with Crippen LogP contribution in [0.1, 0.15) is 19.8 Å². The van der Waals surface area contributed by atoms with Crippen LogP contribution in [0.2, 0.25) is 0 Å². The molecule has 0 amide bonds. The number of nitrogens with two attached hydrogens (primary N) is 1. The van der Waals surface area contributed by atoms with Crippen molar-refractivity contribution >= 4 is 11.5 Å². The van der Waals surface area contributed by atoms with Gasteiger partial charge in [-0.25, -0.2) is 4.98 Å². The number of anilines is 2. The number of nitrogen functional groups attached to an aromatic ring is 1. The number of hydrogen-bond acceptors (Lipinski definition) is 7. The van der Waals surface area contributed by atoms with Crippen molar-refractivity contribution in [2.75, 3.05) is 24.2 Å². The Morgan fingerprint density at radius 2 is 2.30 bits per heavy atom. The molecule has 2 aromatic rings. The zero-order valence-electron chi connectivity index (χ0n) is 11.5. The van der Waals surface area contributed by atoms with Gasteiger partial charge in [0.2, 0.25) is 5.88 Å². The van der Waals surface area contributed by atoms with Crippen LogP contribution >= 0.6 is 0 Å². The Labute approximate surface area is 117 Å². The lowest BCUT2D eigenvalue weighted by Gasteiger charge is -2.11.